The molecule has 19 heavy (non-hydrogen) atoms. The van der Waals surface area contributed by atoms with Crippen LogP contribution in [0.25, 0.3) is 0 Å². The highest BCUT2D eigenvalue weighted by Crippen LogP contribution is 2.24. The molecule has 1 saturated heterocycles. The molecule has 0 saturated carbocycles. The molecule has 0 unspecified atom stereocenters. The van der Waals surface area contributed by atoms with Crippen LogP contribution in [0.4, 0.5) is 5.69 Å². The highest BCUT2D eigenvalue weighted by atomic mass is 32.1. The quantitative estimate of drug-likeness (QED) is 0.653. The summed E-state index contributed by atoms with van der Waals surface area (Å²) in [7, 11) is 1.30. The third-order valence-corrected chi connectivity index (χ3v) is 3.43. The van der Waals surface area contributed by atoms with Gasteiger partial charge in [-0.1, -0.05) is 12.8 Å². The van der Waals surface area contributed by atoms with Crippen LogP contribution in [-0.2, 0) is 4.74 Å². The van der Waals surface area contributed by atoms with Crippen molar-refractivity contribution in [1.82, 2.24) is 4.72 Å². The molecule has 0 radical (unpaired) electrons. The van der Waals surface area contributed by atoms with Gasteiger partial charge in [0.2, 0.25) is 0 Å². The van der Waals surface area contributed by atoms with E-state index < -0.39 is 11.9 Å². The second kappa shape index (κ2) is 5.97. The molecule has 5 nitrogen and oxygen atoms in total. The minimum Gasteiger partial charge on any atom is -0.465 e. The molecule has 1 fully saturated rings. The number of benzene rings is 1. The maximum Gasteiger partial charge on any atom is 0.338 e. The normalized spacial score (nSPS) is 14.3. The van der Waals surface area contributed by atoms with Gasteiger partial charge in [0.25, 0.3) is 5.91 Å². The zero-order chi connectivity index (χ0) is 13.8. The molecule has 1 heterocycles. The highest BCUT2D eigenvalue weighted by molar-refractivity contribution is 7.78. The Balaban J connectivity index is 2.40. The van der Waals surface area contributed by atoms with Crippen molar-refractivity contribution in [3.63, 3.8) is 0 Å². The van der Waals surface area contributed by atoms with Crippen molar-refractivity contribution in [3.8, 4) is 0 Å². The number of esters is 1. The fourth-order valence-electron chi connectivity index (χ4n) is 2.24. The molecule has 0 atom stereocenters. The minimum atomic E-state index is -0.520. The Hall–Kier alpha value is -1.69. The number of ether oxygens (including phenoxy) is 1. The topological polar surface area (TPSA) is 58.6 Å². The zero-order valence-corrected chi connectivity index (χ0v) is 11.6. The molecule has 1 aromatic carbocycles. The van der Waals surface area contributed by atoms with Gasteiger partial charge in [-0.2, -0.15) is 0 Å². The number of rotatable bonds is 3. The van der Waals surface area contributed by atoms with E-state index in [-0.39, 0.29) is 11.1 Å². The van der Waals surface area contributed by atoms with E-state index in [1.807, 2.05) is 6.07 Å². The van der Waals surface area contributed by atoms with Crippen LogP contribution >= 0.6 is 12.8 Å². The van der Waals surface area contributed by atoms with Crippen molar-refractivity contribution in [3.05, 3.63) is 29.3 Å². The van der Waals surface area contributed by atoms with Gasteiger partial charge in [0, 0.05) is 18.8 Å². The summed E-state index contributed by atoms with van der Waals surface area (Å²) >= 11 is 3.72. The maximum absolute atomic E-state index is 11.8. The Bertz CT molecular complexity index is 499. The summed E-state index contributed by atoms with van der Waals surface area (Å²) in [5, 5.41) is 0. The van der Waals surface area contributed by atoms with E-state index in [1.165, 1.54) is 7.11 Å². The average Bonchev–Trinajstić information content (AvgIpc) is 2.99. The Morgan fingerprint density at radius 2 is 1.95 bits per heavy atom. The van der Waals surface area contributed by atoms with Gasteiger partial charge in [-0.15, -0.1) is 0 Å². The molecular formula is C13H16N2O3S. The Morgan fingerprint density at radius 1 is 1.26 bits per heavy atom. The number of nitrogens with one attached hydrogen (secondary N) is 1. The zero-order valence-electron chi connectivity index (χ0n) is 10.7. The van der Waals surface area contributed by atoms with E-state index in [2.05, 4.69) is 22.4 Å². The molecule has 6 heteroatoms. The second-order valence-electron chi connectivity index (χ2n) is 4.36. The molecule has 1 amide bonds. The summed E-state index contributed by atoms with van der Waals surface area (Å²) in [6, 6.07) is 5.18. The van der Waals surface area contributed by atoms with Gasteiger partial charge in [0.1, 0.15) is 0 Å². The van der Waals surface area contributed by atoms with Gasteiger partial charge in [-0.3, -0.25) is 9.52 Å². The summed E-state index contributed by atoms with van der Waals surface area (Å²) in [5.41, 5.74) is 1.47. The monoisotopic (exact) mass is 280 g/mol. The SMILES string of the molecule is COC(=O)c1cc(N2CCCC2)ccc1C(=O)NS. The second-order valence-corrected chi connectivity index (χ2v) is 4.58. The van der Waals surface area contributed by atoms with Crippen LogP contribution in [0, 0.1) is 0 Å². The molecule has 2 rings (SSSR count). The molecule has 1 aromatic rings. The summed E-state index contributed by atoms with van der Waals surface area (Å²) < 4.78 is 6.95. The molecule has 1 aliphatic rings. The van der Waals surface area contributed by atoms with Gasteiger partial charge < -0.3 is 9.64 Å². The van der Waals surface area contributed by atoms with E-state index in [4.69, 9.17) is 4.74 Å². The molecule has 0 spiro atoms. The van der Waals surface area contributed by atoms with Crippen molar-refractivity contribution < 1.29 is 14.3 Å². The predicted octanol–water partition coefficient (Wildman–Crippen LogP) is 1.65. The first kappa shape index (κ1) is 13.7. The van der Waals surface area contributed by atoms with E-state index in [1.54, 1.807) is 12.1 Å². The standard InChI is InChI=1S/C13H16N2O3S/c1-18-13(17)11-8-9(15-6-2-3-7-15)4-5-10(11)12(16)14-19/h4-5,8,19H,2-3,6-7H2,1H3,(H,14,16). The largest absolute Gasteiger partial charge is 0.465 e. The number of carbonyl (C=O) groups is 2. The minimum absolute atomic E-state index is 0.262. The van der Waals surface area contributed by atoms with Gasteiger partial charge >= 0.3 is 5.97 Å². The molecule has 1 aliphatic heterocycles. The van der Waals surface area contributed by atoms with E-state index in [0.717, 1.165) is 31.6 Å². The number of amides is 1. The lowest BCUT2D eigenvalue weighted by molar-refractivity contribution is 0.0597. The van der Waals surface area contributed by atoms with Crippen molar-refractivity contribution in [2.24, 2.45) is 0 Å². The van der Waals surface area contributed by atoms with Crippen LogP contribution in [0.1, 0.15) is 33.6 Å². The highest BCUT2D eigenvalue weighted by Gasteiger charge is 2.20. The summed E-state index contributed by atoms with van der Waals surface area (Å²) in [5.74, 6) is -0.940. The van der Waals surface area contributed by atoms with Crippen molar-refractivity contribution in [2.75, 3.05) is 25.1 Å². The first-order chi connectivity index (χ1) is 9.17. The van der Waals surface area contributed by atoms with E-state index in [0.29, 0.717) is 0 Å². The molecule has 0 aromatic heterocycles. The van der Waals surface area contributed by atoms with Crippen molar-refractivity contribution >= 4 is 30.4 Å². The first-order valence-corrected chi connectivity index (χ1v) is 6.54. The number of methoxy groups -OCH3 is 1. The lowest BCUT2D eigenvalue weighted by atomic mass is 10.1. The third kappa shape index (κ3) is 2.84. The Kier molecular flexibility index (Phi) is 4.31. The van der Waals surface area contributed by atoms with Gasteiger partial charge in [-0.05, 0) is 31.0 Å². The number of nitrogens with zero attached hydrogens (tertiary/aromatic N) is 1. The van der Waals surface area contributed by atoms with Gasteiger partial charge in [-0.25, -0.2) is 4.79 Å². The molecule has 0 bridgehead atoms. The van der Waals surface area contributed by atoms with Crippen molar-refractivity contribution in [2.45, 2.75) is 12.8 Å². The van der Waals surface area contributed by atoms with Gasteiger partial charge in [0.05, 0.1) is 18.2 Å². The van der Waals surface area contributed by atoms with Crippen molar-refractivity contribution in [1.29, 1.82) is 0 Å². The lowest BCUT2D eigenvalue weighted by Gasteiger charge is -2.19. The molecular weight excluding hydrogens is 264 g/mol. The van der Waals surface area contributed by atoms with E-state index in [9.17, 15) is 9.59 Å². The number of anilines is 1. The Morgan fingerprint density at radius 3 is 2.53 bits per heavy atom. The van der Waals surface area contributed by atoms with Crippen LogP contribution in [0.2, 0.25) is 0 Å². The summed E-state index contributed by atoms with van der Waals surface area (Å²) in [6.07, 6.45) is 2.29. The third-order valence-electron chi connectivity index (χ3n) is 3.23. The number of hydrogen-bond donors (Lipinski definition) is 2. The predicted molar refractivity (Wildman–Crippen MR) is 75.7 cm³/mol. The molecule has 102 valence electrons. The number of hydrogen-bond acceptors (Lipinski definition) is 5. The fraction of sp³-hybridized carbons (Fsp3) is 0.385. The number of carbonyl (C=O) groups excluding carboxylic acids is 2. The molecule has 0 aliphatic carbocycles. The van der Waals surface area contributed by atoms with E-state index >= 15 is 0 Å². The number of thiol groups is 1. The van der Waals surface area contributed by atoms with Crippen LogP contribution in [-0.4, -0.2) is 32.1 Å². The van der Waals surface area contributed by atoms with Crippen LogP contribution in [0.3, 0.4) is 0 Å². The summed E-state index contributed by atoms with van der Waals surface area (Å²) in [6.45, 7) is 1.94. The average molecular weight is 280 g/mol. The molecule has 1 N–H and O–H groups in total. The Labute approximate surface area is 117 Å². The summed E-state index contributed by atoms with van der Waals surface area (Å²) in [4.78, 5) is 25.6. The van der Waals surface area contributed by atoms with Gasteiger partial charge in [0.15, 0.2) is 0 Å². The lowest BCUT2D eigenvalue weighted by Crippen LogP contribution is -2.21. The first-order valence-electron chi connectivity index (χ1n) is 6.09. The van der Waals surface area contributed by atoms with Crippen LogP contribution < -0.4 is 9.62 Å². The fourth-order valence-corrected chi connectivity index (χ4v) is 2.36. The van der Waals surface area contributed by atoms with Crippen LogP contribution in [0.5, 0.6) is 0 Å². The van der Waals surface area contributed by atoms with Crippen LogP contribution in [0.15, 0.2) is 18.2 Å². The smallest absolute Gasteiger partial charge is 0.338 e. The maximum atomic E-state index is 11.8.